The monoisotopic (exact) mass is 505 g/mol. The largest absolute Gasteiger partial charge is 0.404 e. The molecule has 0 saturated carbocycles. The van der Waals surface area contributed by atoms with Crippen molar-refractivity contribution in [3.05, 3.63) is 95.9 Å². The number of alkyl halides is 3. The molecule has 4 rings (SSSR count). The van der Waals surface area contributed by atoms with Crippen LogP contribution in [-0.4, -0.2) is 36.7 Å². The van der Waals surface area contributed by atoms with Crippen LogP contribution in [0.4, 0.5) is 17.6 Å². The number of nitrogens with zero attached hydrogens (tertiary/aromatic N) is 2. The van der Waals surface area contributed by atoms with E-state index in [-0.39, 0.29) is 24.2 Å². The average Bonchev–Trinajstić information content (AvgIpc) is 3.21. The minimum atomic E-state index is -4.82. The highest BCUT2D eigenvalue weighted by molar-refractivity contribution is 7.89. The van der Waals surface area contributed by atoms with Gasteiger partial charge in [0.25, 0.3) is 0 Å². The SMILES string of the molecule is CC(CNS(=O)(=O)CC(F)(F)F)[C@@H](c1ccccc1)c1ccc2c(cnn2-c2ccc(F)cc2)c1. The highest BCUT2D eigenvalue weighted by atomic mass is 32.2. The lowest BCUT2D eigenvalue weighted by Gasteiger charge is -2.26. The molecule has 1 aromatic heterocycles. The van der Waals surface area contributed by atoms with Gasteiger partial charge in [0, 0.05) is 17.8 Å². The second-order valence-corrected chi connectivity index (χ2v) is 10.2. The van der Waals surface area contributed by atoms with Gasteiger partial charge in [-0.3, -0.25) is 0 Å². The van der Waals surface area contributed by atoms with Crippen molar-refractivity contribution >= 4 is 20.9 Å². The molecule has 0 aliphatic rings. The van der Waals surface area contributed by atoms with Crippen LogP contribution in [0.1, 0.15) is 24.0 Å². The summed E-state index contributed by atoms with van der Waals surface area (Å²) in [5.74, 6) is -2.91. The normalized spacial score (nSPS) is 14.2. The zero-order valence-corrected chi connectivity index (χ0v) is 19.5. The van der Waals surface area contributed by atoms with Crippen molar-refractivity contribution in [2.45, 2.75) is 19.0 Å². The topological polar surface area (TPSA) is 64.0 Å². The summed E-state index contributed by atoms with van der Waals surface area (Å²) in [6.07, 6.45) is -3.13. The minimum Gasteiger partial charge on any atom is -0.233 e. The molecule has 0 amide bonds. The van der Waals surface area contributed by atoms with Crippen LogP contribution in [0.15, 0.2) is 79.0 Å². The highest BCUT2D eigenvalue weighted by Gasteiger charge is 2.35. The molecule has 3 aromatic carbocycles. The number of rotatable bonds is 8. The molecule has 0 radical (unpaired) electrons. The van der Waals surface area contributed by atoms with Gasteiger partial charge in [-0.05, 0) is 53.4 Å². The molecule has 0 saturated heterocycles. The van der Waals surface area contributed by atoms with Crippen LogP contribution in [-0.2, 0) is 10.0 Å². The third-order valence-electron chi connectivity index (χ3n) is 5.73. The van der Waals surface area contributed by atoms with Crippen molar-refractivity contribution in [2.75, 3.05) is 12.3 Å². The van der Waals surface area contributed by atoms with E-state index in [1.165, 1.54) is 12.1 Å². The summed E-state index contributed by atoms with van der Waals surface area (Å²) < 4.78 is 78.8. The second-order valence-electron chi connectivity index (χ2n) is 8.44. The van der Waals surface area contributed by atoms with Crippen molar-refractivity contribution < 1.29 is 26.0 Å². The summed E-state index contributed by atoms with van der Waals surface area (Å²) in [5.41, 5.74) is 3.26. The zero-order chi connectivity index (χ0) is 25.2. The molecule has 4 aromatic rings. The van der Waals surface area contributed by atoms with E-state index in [0.717, 1.165) is 22.0 Å². The predicted octanol–water partition coefficient (Wildman–Crippen LogP) is 5.41. The van der Waals surface area contributed by atoms with Crippen molar-refractivity contribution in [2.24, 2.45) is 5.92 Å². The molecule has 1 heterocycles. The molecule has 1 N–H and O–H groups in total. The lowest BCUT2D eigenvalue weighted by Crippen LogP contribution is -2.37. The first kappa shape index (κ1) is 24.9. The summed E-state index contributed by atoms with van der Waals surface area (Å²) in [7, 11) is -4.51. The van der Waals surface area contributed by atoms with Crippen LogP contribution < -0.4 is 4.72 Å². The minimum absolute atomic E-state index is 0.162. The summed E-state index contributed by atoms with van der Waals surface area (Å²) in [5, 5.41) is 5.23. The maximum atomic E-state index is 13.3. The Morgan fingerprint density at radius 2 is 1.66 bits per heavy atom. The first-order valence-corrected chi connectivity index (χ1v) is 12.5. The number of fused-ring (bicyclic) bond motifs is 1. The Morgan fingerprint density at radius 3 is 2.31 bits per heavy atom. The molecule has 1 unspecified atom stereocenters. The summed E-state index contributed by atoms with van der Waals surface area (Å²) in [4.78, 5) is 0. The van der Waals surface area contributed by atoms with E-state index in [9.17, 15) is 26.0 Å². The van der Waals surface area contributed by atoms with Gasteiger partial charge in [-0.2, -0.15) is 18.3 Å². The quantitative estimate of drug-likeness (QED) is 0.326. The smallest absolute Gasteiger partial charge is 0.233 e. The molecule has 5 nitrogen and oxygen atoms in total. The molecule has 0 bridgehead atoms. The Labute approximate surface area is 200 Å². The number of aromatic nitrogens is 2. The predicted molar refractivity (Wildman–Crippen MR) is 126 cm³/mol. The van der Waals surface area contributed by atoms with E-state index in [0.29, 0.717) is 5.69 Å². The van der Waals surface area contributed by atoms with E-state index in [4.69, 9.17) is 0 Å². The molecule has 0 aliphatic heterocycles. The average molecular weight is 506 g/mol. The van der Waals surface area contributed by atoms with E-state index in [2.05, 4.69) is 9.82 Å². The van der Waals surface area contributed by atoms with E-state index in [1.807, 2.05) is 48.5 Å². The highest BCUT2D eigenvalue weighted by Crippen LogP contribution is 2.34. The van der Waals surface area contributed by atoms with Gasteiger partial charge < -0.3 is 0 Å². The van der Waals surface area contributed by atoms with E-state index >= 15 is 0 Å². The first-order valence-electron chi connectivity index (χ1n) is 10.8. The van der Waals surface area contributed by atoms with Crippen molar-refractivity contribution in [1.82, 2.24) is 14.5 Å². The van der Waals surface area contributed by atoms with Crippen LogP contribution in [0.25, 0.3) is 16.6 Å². The van der Waals surface area contributed by atoms with Crippen molar-refractivity contribution in [3.63, 3.8) is 0 Å². The number of hydrogen-bond donors (Lipinski definition) is 1. The van der Waals surface area contributed by atoms with E-state index < -0.39 is 22.0 Å². The van der Waals surface area contributed by atoms with Gasteiger partial charge in [-0.1, -0.05) is 43.3 Å². The zero-order valence-electron chi connectivity index (χ0n) is 18.7. The maximum Gasteiger partial charge on any atom is 0.404 e. The van der Waals surface area contributed by atoms with Gasteiger partial charge in [0.2, 0.25) is 10.0 Å². The fourth-order valence-electron chi connectivity index (χ4n) is 4.19. The third kappa shape index (κ3) is 6.07. The summed E-state index contributed by atoms with van der Waals surface area (Å²) >= 11 is 0. The van der Waals surface area contributed by atoms with Gasteiger partial charge in [0.1, 0.15) is 5.82 Å². The molecule has 184 valence electrons. The number of sulfonamides is 1. The number of hydrogen-bond acceptors (Lipinski definition) is 3. The molecular formula is C25H23F4N3O2S. The Kier molecular flexibility index (Phi) is 6.95. The number of benzene rings is 3. The van der Waals surface area contributed by atoms with Crippen LogP contribution in [0.2, 0.25) is 0 Å². The van der Waals surface area contributed by atoms with Gasteiger partial charge >= 0.3 is 6.18 Å². The summed E-state index contributed by atoms with van der Waals surface area (Å²) in [6, 6.07) is 21.0. The van der Waals surface area contributed by atoms with Crippen LogP contribution in [0.3, 0.4) is 0 Å². The third-order valence-corrected chi connectivity index (χ3v) is 7.04. The second kappa shape index (κ2) is 9.79. The van der Waals surface area contributed by atoms with Crippen LogP contribution >= 0.6 is 0 Å². The molecular weight excluding hydrogens is 482 g/mol. The Bertz CT molecular complexity index is 1400. The standard InChI is InChI=1S/C25H23F4N3O2S/c1-17(14-31-35(33,34)16-25(27,28)29)24(18-5-3-2-4-6-18)19-7-12-23-20(13-19)15-30-32(23)22-10-8-21(26)9-11-22/h2-13,15,17,24,31H,14,16H2,1H3/t17?,24-/m0/s1. The van der Waals surface area contributed by atoms with Crippen molar-refractivity contribution in [1.29, 1.82) is 0 Å². The Hall–Kier alpha value is -3.24. The number of halogens is 4. The fourth-order valence-corrected chi connectivity index (χ4v) is 5.24. The fraction of sp³-hybridized carbons (Fsp3) is 0.240. The summed E-state index contributed by atoms with van der Waals surface area (Å²) in [6.45, 7) is 1.63. The van der Waals surface area contributed by atoms with Gasteiger partial charge in [0.05, 0.1) is 17.4 Å². The van der Waals surface area contributed by atoms with Crippen LogP contribution in [0.5, 0.6) is 0 Å². The molecule has 0 fully saturated rings. The van der Waals surface area contributed by atoms with Gasteiger partial charge in [-0.25, -0.2) is 22.2 Å². The molecule has 2 atom stereocenters. The lowest BCUT2D eigenvalue weighted by atomic mass is 9.81. The lowest BCUT2D eigenvalue weighted by molar-refractivity contribution is -0.106. The van der Waals surface area contributed by atoms with Crippen LogP contribution in [0, 0.1) is 11.7 Å². The number of nitrogens with one attached hydrogen (secondary N) is 1. The van der Waals surface area contributed by atoms with E-state index in [1.54, 1.807) is 29.9 Å². The Balaban J connectivity index is 1.65. The Morgan fingerprint density at radius 1 is 0.971 bits per heavy atom. The van der Waals surface area contributed by atoms with Gasteiger partial charge in [0.15, 0.2) is 5.75 Å². The molecule has 0 aliphatic carbocycles. The first-order chi connectivity index (χ1) is 16.5. The van der Waals surface area contributed by atoms with Gasteiger partial charge in [-0.15, -0.1) is 0 Å². The van der Waals surface area contributed by atoms with Crippen molar-refractivity contribution in [3.8, 4) is 5.69 Å². The molecule has 10 heteroatoms. The molecule has 35 heavy (non-hydrogen) atoms. The molecule has 0 spiro atoms. The maximum absolute atomic E-state index is 13.3.